The first-order valence-corrected chi connectivity index (χ1v) is 3.73. The number of hydrogen-bond acceptors (Lipinski definition) is 2. The van der Waals surface area contributed by atoms with Crippen LogP contribution in [0.1, 0.15) is 13.3 Å². The van der Waals surface area contributed by atoms with E-state index in [9.17, 15) is 5.11 Å². The molecule has 60 valence electrons. The van der Waals surface area contributed by atoms with E-state index < -0.39 is 0 Å². The minimum absolute atomic E-state index is 0. The first-order valence-electron chi connectivity index (χ1n) is 3.73. The second-order valence-corrected chi connectivity index (χ2v) is 2.30. The molecule has 0 aromatic heterocycles. The van der Waals surface area contributed by atoms with Crippen LogP contribution in [0.4, 0.5) is 0 Å². The molecule has 0 atom stereocenters. The van der Waals surface area contributed by atoms with E-state index in [0.29, 0.717) is 12.4 Å². The van der Waals surface area contributed by atoms with Gasteiger partial charge in [0.25, 0.3) is 0 Å². The molecule has 0 aliphatic rings. The molecular weight excluding hydrogens is 163 g/mol. The third-order valence-electron chi connectivity index (χ3n) is 1.31. The van der Waals surface area contributed by atoms with Gasteiger partial charge in [-0.1, -0.05) is 30.9 Å². The molecule has 0 bridgehead atoms. The summed E-state index contributed by atoms with van der Waals surface area (Å²) in [6.45, 7) is 2.62. The fourth-order valence-corrected chi connectivity index (χ4v) is 0.781. The number of para-hydroxylation sites is 2. The third kappa shape index (κ3) is 3.48. The Kier molecular flexibility index (Phi) is 6.25. The molecule has 0 N–H and O–H groups in total. The summed E-state index contributed by atoms with van der Waals surface area (Å²) in [5, 5.41) is 11.0. The van der Waals surface area contributed by atoms with Gasteiger partial charge in [-0.2, -0.15) is 0 Å². The zero-order valence-corrected chi connectivity index (χ0v) is 9.54. The molecule has 2 nitrogen and oxygen atoms in total. The minimum atomic E-state index is -0.0408. The monoisotopic (exact) mass is 174 g/mol. The summed E-state index contributed by atoms with van der Waals surface area (Å²) < 4.78 is 5.17. The maximum Gasteiger partial charge on any atom is 1.00 e. The van der Waals surface area contributed by atoms with E-state index in [1.807, 2.05) is 6.92 Å². The van der Waals surface area contributed by atoms with E-state index in [1.165, 1.54) is 6.07 Å². The Morgan fingerprint density at radius 3 is 2.58 bits per heavy atom. The number of benzene rings is 1. The molecule has 0 saturated carbocycles. The van der Waals surface area contributed by atoms with E-state index in [2.05, 4.69) is 0 Å². The standard InChI is InChI=1S/C9H12O2.Na/c1-2-7-11-9-6-4-3-5-8(9)10;/h3-6,10H,2,7H2,1H3;/q;+1/p-1. The number of hydrogen-bond donors (Lipinski definition) is 0. The second kappa shape index (κ2) is 6.35. The molecule has 0 fully saturated rings. The molecular formula is C9H11NaO2. The molecule has 0 aliphatic heterocycles. The van der Waals surface area contributed by atoms with Gasteiger partial charge in [0.2, 0.25) is 0 Å². The molecule has 1 rings (SSSR count). The van der Waals surface area contributed by atoms with Gasteiger partial charge in [0.05, 0.1) is 6.61 Å². The zero-order chi connectivity index (χ0) is 8.10. The van der Waals surface area contributed by atoms with Crippen LogP contribution in [0.15, 0.2) is 24.3 Å². The van der Waals surface area contributed by atoms with Crippen LogP contribution in [0.25, 0.3) is 0 Å². The Morgan fingerprint density at radius 2 is 2.00 bits per heavy atom. The first-order chi connectivity index (χ1) is 5.34. The molecule has 0 spiro atoms. The fourth-order valence-electron chi connectivity index (χ4n) is 0.781. The van der Waals surface area contributed by atoms with E-state index in [-0.39, 0.29) is 35.3 Å². The summed E-state index contributed by atoms with van der Waals surface area (Å²) in [6.07, 6.45) is 0.925. The Labute approximate surface area is 94.8 Å². The van der Waals surface area contributed by atoms with Gasteiger partial charge in [-0.15, -0.1) is 0 Å². The molecule has 3 heteroatoms. The predicted molar refractivity (Wildman–Crippen MR) is 41.7 cm³/mol. The Morgan fingerprint density at radius 1 is 1.33 bits per heavy atom. The maximum absolute atomic E-state index is 11.0. The van der Waals surface area contributed by atoms with Crippen molar-refractivity contribution in [1.29, 1.82) is 0 Å². The maximum atomic E-state index is 11.0. The van der Waals surface area contributed by atoms with Gasteiger partial charge in [0, 0.05) is 0 Å². The summed E-state index contributed by atoms with van der Waals surface area (Å²) in [7, 11) is 0. The largest absolute Gasteiger partial charge is 1.00 e. The molecule has 12 heavy (non-hydrogen) atoms. The van der Waals surface area contributed by atoms with E-state index in [4.69, 9.17) is 4.74 Å². The molecule has 0 heterocycles. The number of ether oxygens (including phenoxy) is 1. The van der Waals surface area contributed by atoms with E-state index in [0.717, 1.165) is 6.42 Å². The molecule has 0 saturated heterocycles. The number of rotatable bonds is 3. The summed E-state index contributed by atoms with van der Waals surface area (Å²) >= 11 is 0. The summed E-state index contributed by atoms with van der Waals surface area (Å²) in [6, 6.07) is 6.70. The van der Waals surface area contributed by atoms with Crippen molar-refractivity contribution in [3.05, 3.63) is 24.3 Å². The normalized spacial score (nSPS) is 8.75. The van der Waals surface area contributed by atoms with Crippen molar-refractivity contribution in [2.24, 2.45) is 0 Å². The van der Waals surface area contributed by atoms with Crippen molar-refractivity contribution in [2.45, 2.75) is 13.3 Å². The van der Waals surface area contributed by atoms with Crippen molar-refractivity contribution < 1.29 is 39.4 Å². The molecule has 0 aliphatic carbocycles. The Bertz CT molecular complexity index is 226. The topological polar surface area (TPSA) is 32.3 Å². The smallest absolute Gasteiger partial charge is 0.870 e. The van der Waals surface area contributed by atoms with Crippen molar-refractivity contribution in [3.8, 4) is 11.5 Å². The average Bonchev–Trinajstić information content (AvgIpc) is 2.03. The van der Waals surface area contributed by atoms with E-state index in [1.54, 1.807) is 18.2 Å². The Balaban J connectivity index is 0.00000121. The van der Waals surface area contributed by atoms with Crippen LogP contribution in [-0.4, -0.2) is 6.61 Å². The van der Waals surface area contributed by atoms with Crippen molar-refractivity contribution >= 4 is 0 Å². The fraction of sp³-hybridized carbons (Fsp3) is 0.333. The predicted octanol–water partition coefficient (Wildman–Crippen LogP) is -1.45. The first kappa shape index (κ1) is 11.8. The van der Waals surface area contributed by atoms with Crippen molar-refractivity contribution in [3.63, 3.8) is 0 Å². The van der Waals surface area contributed by atoms with Crippen LogP contribution >= 0.6 is 0 Å². The van der Waals surface area contributed by atoms with Crippen LogP contribution in [-0.2, 0) is 0 Å². The molecule has 0 unspecified atom stereocenters. The van der Waals surface area contributed by atoms with Gasteiger partial charge >= 0.3 is 29.6 Å². The van der Waals surface area contributed by atoms with Crippen molar-refractivity contribution in [2.75, 3.05) is 6.61 Å². The van der Waals surface area contributed by atoms with Crippen LogP contribution in [0, 0.1) is 0 Å². The second-order valence-electron chi connectivity index (χ2n) is 2.30. The van der Waals surface area contributed by atoms with Crippen LogP contribution in [0.2, 0.25) is 0 Å². The van der Waals surface area contributed by atoms with Gasteiger partial charge in [-0.3, -0.25) is 0 Å². The summed E-state index contributed by atoms with van der Waals surface area (Å²) in [5.74, 6) is 0.412. The SMILES string of the molecule is CCCOc1ccccc1[O-].[Na+]. The third-order valence-corrected chi connectivity index (χ3v) is 1.31. The molecule has 1 aromatic carbocycles. The van der Waals surface area contributed by atoms with Crippen LogP contribution in [0.5, 0.6) is 11.5 Å². The van der Waals surface area contributed by atoms with Gasteiger partial charge in [0.1, 0.15) is 5.75 Å². The average molecular weight is 174 g/mol. The minimum Gasteiger partial charge on any atom is -0.870 e. The van der Waals surface area contributed by atoms with Crippen molar-refractivity contribution in [1.82, 2.24) is 0 Å². The zero-order valence-electron chi connectivity index (χ0n) is 7.54. The summed E-state index contributed by atoms with van der Waals surface area (Å²) in [5.41, 5.74) is 0. The summed E-state index contributed by atoms with van der Waals surface area (Å²) in [4.78, 5) is 0. The van der Waals surface area contributed by atoms with Gasteiger partial charge < -0.3 is 9.84 Å². The Hall–Kier alpha value is -0.180. The molecule has 0 amide bonds. The van der Waals surface area contributed by atoms with Gasteiger partial charge in [-0.25, -0.2) is 0 Å². The van der Waals surface area contributed by atoms with Crippen LogP contribution < -0.4 is 39.4 Å². The van der Waals surface area contributed by atoms with E-state index >= 15 is 0 Å². The quantitative estimate of drug-likeness (QED) is 0.525. The van der Waals surface area contributed by atoms with Gasteiger partial charge in [-0.05, 0) is 12.5 Å². The molecule has 1 aromatic rings. The molecule has 0 radical (unpaired) electrons. The van der Waals surface area contributed by atoms with Gasteiger partial charge in [0.15, 0.2) is 0 Å². The van der Waals surface area contributed by atoms with Crippen LogP contribution in [0.3, 0.4) is 0 Å².